The quantitative estimate of drug-likeness (QED) is 0.694. The predicted octanol–water partition coefficient (Wildman–Crippen LogP) is 0.910. The third-order valence-corrected chi connectivity index (χ3v) is 3.15. The molecule has 0 aromatic carbocycles. The Morgan fingerprint density at radius 3 is 3.08 bits per heavy atom. The van der Waals surface area contributed by atoms with Crippen LogP contribution in [0.5, 0.6) is 0 Å². The molecule has 2 atom stereocenters. The van der Waals surface area contributed by atoms with Crippen molar-refractivity contribution in [1.29, 1.82) is 5.26 Å². The molecule has 1 heterocycles. The monoisotopic (exact) mass is 184 g/mol. The van der Waals surface area contributed by atoms with Gasteiger partial charge in [0.05, 0.1) is 11.3 Å². The molecule has 1 aliphatic rings. The van der Waals surface area contributed by atoms with Crippen LogP contribution < -0.4 is 5.32 Å². The van der Waals surface area contributed by atoms with Crippen molar-refractivity contribution in [2.75, 3.05) is 5.75 Å². The molecule has 0 aromatic rings. The summed E-state index contributed by atoms with van der Waals surface area (Å²) in [7, 11) is 0. The van der Waals surface area contributed by atoms with Crippen LogP contribution in [0.25, 0.3) is 0 Å². The van der Waals surface area contributed by atoms with E-state index in [1.165, 1.54) is 0 Å². The summed E-state index contributed by atoms with van der Waals surface area (Å²) in [6, 6.07) is 1.62. The first-order valence-corrected chi connectivity index (χ1v) is 5.10. The number of hydrogen-bond acceptors (Lipinski definition) is 3. The van der Waals surface area contributed by atoms with Crippen molar-refractivity contribution < 1.29 is 4.79 Å². The number of amides is 1. The Balaban J connectivity index is 2.33. The standard InChI is InChI=1S/C8H12N2OS/c1-6(5-9)10-8(11)7-3-2-4-12-7/h6-7H,2-4H2,1H3,(H,10,11)/t6-,7?/m0/s1. The number of carbonyl (C=O) groups excluding carboxylic acids is 1. The van der Waals surface area contributed by atoms with Crippen molar-refractivity contribution in [3.63, 3.8) is 0 Å². The summed E-state index contributed by atoms with van der Waals surface area (Å²) in [4.78, 5) is 11.3. The predicted molar refractivity (Wildman–Crippen MR) is 48.7 cm³/mol. The molecule has 0 bridgehead atoms. The Labute approximate surface area is 76.5 Å². The number of nitrogens with zero attached hydrogens (tertiary/aromatic N) is 1. The SMILES string of the molecule is C[C@@H](C#N)NC(=O)C1CCCS1. The maximum absolute atomic E-state index is 11.3. The van der Waals surface area contributed by atoms with Gasteiger partial charge in [-0.1, -0.05) is 0 Å². The zero-order valence-electron chi connectivity index (χ0n) is 7.04. The molecule has 1 rings (SSSR count). The van der Waals surface area contributed by atoms with Gasteiger partial charge in [-0.05, 0) is 25.5 Å². The zero-order chi connectivity index (χ0) is 8.97. The molecule has 4 heteroatoms. The Bertz CT molecular complexity index is 206. The molecule has 1 fully saturated rings. The number of rotatable bonds is 2. The summed E-state index contributed by atoms with van der Waals surface area (Å²) >= 11 is 1.68. The van der Waals surface area contributed by atoms with Crippen LogP contribution in [0.3, 0.4) is 0 Å². The highest BCUT2D eigenvalue weighted by atomic mass is 32.2. The average molecular weight is 184 g/mol. The van der Waals surface area contributed by atoms with Crippen LogP contribution in [0.2, 0.25) is 0 Å². The third-order valence-electron chi connectivity index (χ3n) is 1.77. The Hall–Kier alpha value is -0.690. The molecule has 1 aliphatic heterocycles. The second kappa shape index (κ2) is 4.36. The molecule has 0 radical (unpaired) electrons. The molecule has 1 saturated heterocycles. The van der Waals surface area contributed by atoms with E-state index in [1.54, 1.807) is 18.7 Å². The number of carbonyl (C=O) groups is 1. The Morgan fingerprint density at radius 1 is 1.83 bits per heavy atom. The largest absolute Gasteiger partial charge is 0.340 e. The molecule has 1 unspecified atom stereocenters. The highest BCUT2D eigenvalue weighted by Gasteiger charge is 2.23. The fourth-order valence-electron chi connectivity index (χ4n) is 1.12. The van der Waals surface area contributed by atoms with Gasteiger partial charge in [-0.3, -0.25) is 4.79 Å². The van der Waals surface area contributed by atoms with Gasteiger partial charge in [-0.15, -0.1) is 11.8 Å². The van der Waals surface area contributed by atoms with Crippen molar-refractivity contribution in [1.82, 2.24) is 5.32 Å². The van der Waals surface area contributed by atoms with Crippen LogP contribution in [-0.2, 0) is 4.79 Å². The lowest BCUT2D eigenvalue weighted by Crippen LogP contribution is -2.37. The fraction of sp³-hybridized carbons (Fsp3) is 0.750. The summed E-state index contributed by atoms with van der Waals surface area (Å²) in [5, 5.41) is 11.2. The Morgan fingerprint density at radius 2 is 2.58 bits per heavy atom. The van der Waals surface area contributed by atoms with Crippen LogP contribution in [0.4, 0.5) is 0 Å². The molecule has 0 saturated carbocycles. The summed E-state index contributed by atoms with van der Waals surface area (Å²) in [5.74, 6) is 1.09. The zero-order valence-corrected chi connectivity index (χ0v) is 7.86. The summed E-state index contributed by atoms with van der Waals surface area (Å²) in [6.07, 6.45) is 2.07. The molecule has 0 spiro atoms. The minimum atomic E-state index is -0.362. The van der Waals surface area contributed by atoms with Crippen LogP contribution in [0.15, 0.2) is 0 Å². The molecule has 3 nitrogen and oxygen atoms in total. The van der Waals surface area contributed by atoms with Gasteiger partial charge in [0.25, 0.3) is 0 Å². The lowest BCUT2D eigenvalue weighted by Gasteiger charge is -2.10. The maximum atomic E-state index is 11.3. The van der Waals surface area contributed by atoms with Crippen molar-refractivity contribution >= 4 is 17.7 Å². The minimum absolute atomic E-state index is 0.0200. The molecular formula is C8H12N2OS. The van der Waals surface area contributed by atoms with E-state index in [1.807, 2.05) is 6.07 Å². The van der Waals surface area contributed by atoms with Gasteiger partial charge >= 0.3 is 0 Å². The van der Waals surface area contributed by atoms with Crippen LogP contribution in [0.1, 0.15) is 19.8 Å². The maximum Gasteiger partial charge on any atom is 0.234 e. The van der Waals surface area contributed by atoms with Crippen molar-refractivity contribution in [2.45, 2.75) is 31.1 Å². The fourth-order valence-corrected chi connectivity index (χ4v) is 2.29. The van der Waals surface area contributed by atoms with Crippen molar-refractivity contribution in [3.8, 4) is 6.07 Å². The smallest absolute Gasteiger partial charge is 0.234 e. The summed E-state index contributed by atoms with van der Waals surface area (Å²) < 4.78 is 0. The van der Waals surface area contributed by atoms with Gasteiger partial charge in [-0.25, -0.2) is 0 Å². The first-order chi connectivity index (χ1) is 5.74. The highest BCUT2D eigenvalue weighted by molar-refractivity contribution is 8.00. The first kappa shape index (κ1) is 9.40. The van der Waals surface area contributed by atoms with Gasteiger partial charge in [-0.2, -0.15) is 5.26 Å². The van der Waals surface area contributed by atoms with Gasteiger partial charge in [0.2, 0.25) is 5.91 Å². The van der Waals surface area contributed by atoms with E-state index in [-0.39, 0.29) is 17.2 Å². The van der Waals surface area contributed by atoms with E-state index in [0.717, 1.165) is 18.6 Å². The third kappa shape index (κ3) is 2.42. The summed E-state index contributed by atoms with van der Waals surface area (Å²) in [5.41, 5.74) is 0. The van der Waals surface area contributed by atoms with Gasteiger partial charge < -0.3 is 5.32 Å². The number of hydrogen-bond donors (Lipinski definition) is 1. The minimum Gasteiger partial charge on any atom is -0.340 e. The van der Waals surface area contributed by atoms with Gasteiger partial charge in [0, 0.05) is 0 Å². The summed E-state index contributed by atoms with van der Waals surface area (Å²) in [6.45, 7) is 1.69. The molecular weight excluding hydrogens is 172 g/mol. The van der Waals surface area contributed by atoms with E-state index in [9.17, 15) is 4.79 Å². The molecule has 0 aliphatic carbocycles. The number of nitrogens with one attached hydrogen (secondary N) is 1. The first-order valence-electron chi connectivity index (χ1n) is 4.05. The van der Waals surface area contributed by atoms with Crippen molar-refractivity contribution in [3.05, 3.63) is 0 Å². The average Bonchev–Trinajstić information content (AvgIpc) is 2.56. The van der Waals surface area contributed by atoms with E-state index in [4.69, 9.17) is 5.26 Å². The lowest BCUT2D eigenvalue weighted by atomic mass is 10.2. The molecule has 0 aromatic heterocycles. The van der Waals surface area contributed by atoms with E-state index in [0.29, 0.717) is 0 Å². The lowest BCUT2D eigenvalue weighted by molar-refractivity contribution is -0.120. The normalized spacial score (nSPS) is 24.5. The molecule has 1 amide bonds. The van der Waals surface area contributed by atoms with Gasteiger partial charge in [0.1, 0.15) is 6.04 Å². The molecule has 1 N–H and O–H groups in total. The molecule has 66 valence electrons. The number of nitriles is 1. The second-order valence-electron chi connectivity index (χ2n) is 2.86. The highest BCUT2D eigenvalue weighted by Crippen LogP contribution is 2.25. The molecule has 12 heavy (non-hydrogen) atoms. The van der Waals surface area contributed by atoms with E-state index < -0.39 is 0 Å². The second-order valence-corrected chi connectivity index (χ2v) is 4.17. The van der Waals surface area contributed by atoms with E-state index in [2.05, 4.69) is 5.32 Å². The van der Waals surface area contributed by atoms with Crippen LogP contribution in [-0.4, -0.2) is 23.0 Å². The van der Waals surface area contributed by atoms with E-state index >= 15 is 0 Å². The Kier molecular flexibility index (Phi) is 3.42. The van der Waals surface area contributed by atoms with Gasteiger partial charge in [0.15, 0.2) is 0 Å². The number of thioether (sulfide) groups is 1. The topological polar surface area (TPSA) is 52.9 Å². The van der Waals surface area contributed by atoms with Crippen LogP contribution >= 0.6 is 11.8 Å². The van der Waals surface area contributed by atoms with Crippen LogP contribution in [0, 0.1) is 11.3 Å². The van der Waals surface area contributed by atoms with Crippen molar-refractivity contribution in [2.24, 2.45) is 0 Å².